The summed E-state index contributed by atoms with van der Waals surface area (Å²) in [5, 5.41) is 12.7. The summed E-state index contributed by atoms with van der Waals surface area (Å²) in [4.78, 5) is 33.5. The molecule has 0 spiro atoms. The van der Waals surface area contributed by atoms with Crippen LogP contribution in [0.2, 0.25) is 0 Å². The van der Waals surface area contributed by atoms with Gasteiger partial charge < -0.3 is 16.2 Å². The van der Waals surface area contributed by atoms with Gasteiger partial charge in [-0.05, 0) is 27.4 Å². The van der Waals surface area contributed by atoms with E-state index in [-0.39, 0.29) is 0 Å². The summed E-state index contributed by atoms with van der Waals surface area (Å²) in [6, 6.07) is 0.359. The maximum Gasteiger partial charge on any atom is 0.326 e. The van der Waals surface area contributed by atoms with Crippen molar-refractivity contribution in [3.8, 4) is 0 Å². The average Bonchev–Trinajstić information content (AvgIpc) is 2.62. The van der Waals surface area contributed by atoms with Crippen LogP contribution in [-0.2, 0) is 9.59 Å². The monoisotopic (exact) mass is 320 g/mol. The molecule has 0 aliphatic carbocycles. The van der Waals surface area contributed by atoms with E-state index in [1.165, 1.54) is 0 Å². The van der Waals surface area contributed by atoms with E-state index in [1.807, 2.05) is 0 Å². The summed E-state index contributed by atoms with van der Waals surface area (Å²) in [5.41, 5.74) is 4.90. The molecule has 17 heavy (non-hydrogen) atoms. The number of nitrogens with two attached hydrogens (primary N) is 1. The molecule has 0 bridgehead atoms. The van der Waals surface area contributed by atoms with Crippen LogP contribution in [0, 0.1) is 0 Å². The molecule has 1 rings (SSSR count). The Labute approximate surface area is 109 Å². The number of hydrogen-bond acceptors (Lipinski definition) is 4. The van der Waals surface area contributed by atoms with Crippen LogP contribution in [0.5, 0.6) is 0 Å². The number of halogens is 1. The number of nitrogens with one attached hydrogen (secondary N) is 1. The number of carboxylic acids is 1. The van der Waals surface area contributed by atoms with Gasteiger partial charge in [0.25, 0.3) is 5.91 Å². The Morgan fingerprint density at radius 3 is 2.59 bits per heavy atom. The lowest BCUT2D eigenvalue weighted by molar-refractivity contribution is -0.140. The summed E-state index contributed by atoms with van der Waals surface area (Å²) in [6.45, 7) is 0. The first-order valence-corrected chi connectivity index (χ1v) is 6.14. The van der Waals surface area contributed by atoms with Crippen LogP contribution in [0.25, 0.3) is 0 Å². The lowest BCUT2D eigenvalue weighted by Crippen LogP contribution is -2.43. The fourth-order valence-electron chi connectivity index (χ4n) is 1.08. The Morgan fingerprint density at radius 1 is 1.53 bits per heavy atom. The van der Waals surface area contributed by atoms with E-state index in [1.54, 1.807) is 11.4 Å². The quantitative estimate of drug-likeness (QED) is 0.736. The Bertz CT molecular complexity index is 460. The molecular weight excluding hydrogens is 312 g/mol. The smallest absolute Gasteiger partial charge is 0.326 e. The molecule has 0 radical (unpaired) electrons. The first kappa shape index (κ1) is 13.7. The second-order valence-electron chi connectivity index (χ2n) is 3.13. The number of carbonyl (C=O) groups excluding carboxylic acids is 2. The van der Waals surface area contributed by atoms with Crippen molar-refractivity contribution in [3.05, 3.63) is 20.8 Å². The van der Waals surface area contributed by atoms with E-state index < -0.39 is 30.2 Å². The number of carbonyl (C=O) groups is 3. The first-order chi connectivity index (χ1) is 7.91. The van der Waals surface area contributed by atoms with Gasteiger partial charge in [-0.2, -0.15) is 0 Å². The Balaban J connectivity index is 2.74. The Morgan fingerprint density at radius 2 is 2.18 bits per heavy atom. The number of amides is 2. The molecule has 0 aliphatic heterocycles. The van der Waals surface area contributed by atoms with E-state index in [2.05, 4.69) is 21.2 Å². The molecule has 0 saturated carbocycles. The summed E-state index contributed by atoms with van der Waals surface area (Å²) in [7, 11) is 0. The second kappa shape index (κ2) is 5.78. The zero-order valence-electron chi connectivity index (χ0n) is 8.47. The van der Waals surface area contributed by atoms with Gasteiger partial charge in [0.05, 0.1) is 6.42 Å². The molecule has 0 aromatic carbocycles. The molecule has 1 aromatic heterocycles. The fourth-order valence-corrected chi connectivity index (χ4v) is 2.54. The Hall–Kier alpha value is -1.41. The molecule has 2 amide bonds. The number of aliphatic carboxylic acids is 1. The van der Waals surface area contributed by atoms with Crippen LogP contribution in [0.15, 0.2) is 15.9 Å². The lowest BCUT2D eigenvalue weighted by Gasteiger charge is -2.12. The normalized spacial score (nSPS) is 11.8. The van der Waals surface area contributed by atoms with Crippen molar-refractivity contribution >= 4 is 45.1 Å². The molecule has 0 aliphatic rings. The molecule has 4 N–H and O–H groups in total. The third-order valence-electron chi connectivity index (χ3n) is 1.83. The molecule has 92 valence electrons. The van der Waals surface area contributed by atoms with E-state index >= 15 is 0 Å². The molecule has 0 fully saturated rings. The minimum Gasteiger partial charge on any atom is -0.480 e. The third kappa shape index (κ3) is 3.82. The van der Waals surface area contributed by atoms with Crippen LogP contribution >= 0.6 is 27.3 Å². The molecule has 0 saturated heterocycles. The molecule has 1 atom stereocenters. The number of primary amides is 1. The van der Waals surface area contributed by atoms with Gasteiger partial charge in [-0.25, -0.2) is 4.79 Å². The van der Waals surface area contributed by atoms with Gasteiger partial charge in [0.2, 0.25) is 5.91 Å². The van der Waals surface area contributed by atoms with Gasteiger partial charge >= 0.3 is 5.97 Å². The number of rotatable bonds is 5. The number of hydrogen-bond donors (Lipinski definition) is 3. The molecule has 8 heteroatoms. The molecule has 1 heterocycles. The van der Waals surface area contributed by atoms with Gasteiger partial charge in [0, 0.05) is 4.47 Å². The number of thiophene rings is 1. The highest BCUT2D eigenvalue weighted by Crippen LogP contribution is 2.22. The van der Waals surface area contributed by atoms with E-state index in [4.69, 9.17) is 10.8 Å². The van der Waals surface area contributed by atoms with E-state index in [9.17, 15) is 14.4 Å². The SMILES string of the molecule is NC(=O)CC(NC(=O)c1sccc1Br)C(=O)O. The van der Waals surface area contributed by atoms with Gasteiger partial charge in [-0.15, -0.1) is 11.3 Å². The maximum absolute atomic E-state index is 11.7. The van der Waals surface area contributed by atoms with Crippen molar-refractivity contribution in [1.82, 2.24) is 5.32 Å². The number of carboxylic acid groups (broad SMARTS) is 1. The summed E-state index contributed by atoms with van der Waals surface area (Å²) >= 11 is 4.32. The van der Waals surface area contributed by atoms with Crippen molar-refractivity contribution < 1.29 is 19.5 Å². The highest BCUT2D eigenvalue weighted by molar-refractivity contribution is 9.10. The van der Waals surface area contributed by atoms with Crippen LogP contribution in [-0.4, -0.2) is 28.9 Å². The first-order valence-electron chi connectivity index (χ1n) is 4.46. The van der Waals surface area contributed by atoms with Crippen LogP contribution < -0.4 is 11.1 Å². The molecule has 6 nitrogen and oxygen atoms in total. The van der Waals surface area contributed by atoms with E-state index in [0.29, 0.717) is 9.35 Å². The van der Waals surface area contributed by atoms with Crippen LogP contribution in [0.3, 0.4) is 0 Å². The van der Waals surface area contributed by atoms with Crippen molar-refractivity contribution in [2.24, 2.45) is 5.73 Å². The minimum absolute atomic E-state index is 0.348. The summed E-state index contributed by atoms with van der Waals surface area (Å²) < 4.78 is 0.572. The van der Waals surface area contributed by atoms with Gasteiger partial charge in [-0.1, -0.05) is 0 Å². The third-order valence-corrected chi connectivity index (χ3v) is 3.67. The predicted molar refractivity (Wildman–Crippen MR) is 64.7 cm³/mol. The van der Waals surface area contributed by atoms with Gasteiger partial charge in [0.15, 0.2) is 0 Å². The predicted octanol–water partition coefficient (Wildman–Crippen LogP) is 0.569. The average molecular weight is 321 g/mol. The van der Waals surface area contributed by atoms with E-state index in [0.717, 1.165) is 11.3 Å². The summed E-state index contributed by atoms with van der Waals surface area (Å²) in [5.74, 6) is -2.65. The van der Waals surface area contributed by atoms with Crippen LogP contribution in [0.4, 0.5) is 0 Å². The van der Waals surface area contributed by atoms with Gasteiger partial charge in [0.1, 0.15) is 10.9 Å². The Kier molecular flexibility index (Phi) is 4.64. The molecule has 1 aromatic rings. The maximum atomic E-state index is 11.7. The highest BCUT2D eigenvalue weighted by Gasteiger charge is 2.23. The van der Waals surface area contributed by atoms with Crippen LogP contribution in [0.1, 0.15) is 16.1 Å². The zero-order valence-corrected chi connectivity index (χ0v) is 10.9. The lowest BCUT2D eigenvalue weighted by atomic mass is 10.2. The van der Waals surface area contributed by atoms with Crippen molar-refractivity contribution in [1.29, 1.82) is 0 Å². The zero-order chi connectivity index (χ0) is 13.0. The van der Waals surface area contributed by atoms with Gasteiger partial charge in [-0.3, -0.25) is 9.59 Å². The topological polar surface area (TPSA) is 109 Å². The highest BCUT2D eigenvalue weighted by atomic mass is 79.9. The minimum atomic E-state index is -1.31. The standard InChI is InChI=1S/C9H9BrN2O4S/c10-4-1-2-17-7(4)8(14)12-5(9(15)16)3-6(11)13/h1-2,5H,3H2,(H2,11,13)(H,12,14)(H,15,16). The largest absolute Gasteiger partial charge is 0.480 e. The van der Waals surface area contributed by atoms with Crippen molar-refractivity contribution in [2.45, 2.75) is 12.5 Å². The summed E-state index contributed by atoms with van der Waals surface area (Å²) in [6.07, 6.45) is -0.440. The van der Waals surface area contributed by atoms with Crippen molar-refractivity contribution in [2.75, 3.05) is 0 Å². The molecular formula is C9H9BrN2O4S. The molecule has 1 unspecified atom stereocenters. The fraction of sp³-hybridized carbons (Fsp3) is 0.222. The second-order valence-corrected chi connectivity index (χ2v) is 4.90. The van der Waals surface area contributed by atoms with Crippen molar-refractivity contribution in [3.63, 3.8) is 0 Å².